The van der Waals surface area contributed by atoms with E-state index in [9.17, 15) is 43.9 Å². The monoisotopic (exact) mass is 362 g/mol. The van der Waals surface area contributed by atoms with Gasteiger partial charge in [0.05, 0.1) is 0 Å². The van der Waals surface area contributed by atoms with Gasteiger partial charge < -0.3 is 4.74 Å². The van der Waals surface area contributed by atoms with E-state index in [0.717, 1.165) is 0 Å². The topological polar surface area (TPSA) is 9.23 Å². The largest absolute Gasteiger partial charge is 0.384 e. The zero-order valence-electron chi connectivity index (χ0n) is 8.60. The van der Waals surface area contributed by atoms with Crippen molar-refractivity contribution in [2.45, 2.75) is 40.7 Å². The molecule has 20 heavy (non-hydrogen) atoms. The van der Waals surface area contributed by atoms with Crippen molar-refractivity contribution in [1.82, 2.24) is 0 Å². The molecule has 0 bridgehead atoms. The van der Waals surface area contributed by atoms with Crippen molar-refractivity contribution in [3.63, 3.8) is 0 Å². The van der Waals surface area contributed by atoms with E-state index in [1.807, 2.05) is 0 Å². The second kappa shape index (κ2) is 4.42. The van der Waals surface area contributed by atoms with E-state index < -0.39 is 40.7 Å². The van der Waals surface area contributed by atoms with Crippen molar-refractivity contribution in [3.05, 3.63) is 0 Å². The van der Waals surface area contributed by atoms with Crippen LogP contribution in [0.25, 0.3) is 0 Å². The van der Waals surface area contributed by atoms with E-state index in [1.54, 1.807) is 0 Å². The Morgan fingerprint density at radius 2 is 0.950 bits per heavy atom. The Morgan fingerprint density at radius 3 is 1.20 bits per heavy atom. The molecule has 1 rings (SSSR count). The van der Waals surface area contributed by atoms with Crippen LogP contribution >= 0.6 is 23.2 Å². The normalized spacial score (nSPS) is 30.4. The molecule has 1 fully saturated rings. The third kappa shape index (κ3) is 1.88. The average molecular weight is 363 g/mol. The molecule has 1 aliphatic rings. The molecule has 0 N–H and O–H groups in total. The Morgan fingerprint density at radius 1 is 0.650 bits per heavy atom. The number of hydrogen-bond acceptors (Lipinski definition) is 1. The first kappa shape index (κ1) is 17.9. The minimum atomic E-state index is -7.03. The molecule has 0 aliphatic heterocycles. The number of hydrogen-bond donors (Lipinski definition) is 0. The van der Waals surface area contributed by atoms with Crippen LogP contribution in [-0.2, 0) is 4.74 Å². The van der Waals surface area contributed by atoms with E-state index in [0.29, 0.717) is 0 Å². The summed E-state index contributed by atoms with van der Waals surface area (Å²) < 4.78 is 132. The maximum absolute atomic E-state index is 13.1. The Hall–Kier alpha value is -0.160. The molecule has 0 aromatic carbocycles. The Labute approximate surface area is 113 Å². The van der Waals surface area contributed by atoms with Crippen LogP contribution in [0.15, 0.2) is 0 Å². The fourth-order valence-electron chi connectivity index (χ4n) is 1.45. The molecule has 0 atom stereocenters. The van der Waals surface area contributed by atoms with Crippen LogP contribution in [0.5, 0.6) is 0 Å². The smallest absolute Gasteiger partial charge is 0.332 e. The highest BCUT2D eigenvalue weighted by Gasteiger charge is 2.96. The Bertz CT molecular complexity index is 365. The van der Waals surface area contributed by atoms with Gasteiger partial charge >= 0.3 is 29.6 Å². The standard InChI is InChI=1S/C7H2Cl2F10O/c8-2(9)20-1-3(10,11)5(14,15)7(18,19)6(16,17)4(1,12)13/h1-2H. The first-order valence-electron chi connectivity index (χ1n) is 4.38. The lowest BCUT2D eigenvalue weighted by atomic mass is 9.80. The first-order valence-corrected chi connectivity index (χ1v) is 5.25. The van der Waals surface area contributed by atoms with Gasteiger partial charge in [-0.15, -0.1) is 0 Å². The molecule has 0 spiro atoms. The van der Waals surface area contributed by atoms with Crippen LogP contribution in [0.1, 0.15) is 0 Å². The van der Waals surface area contributed by atoms with Crippen molar-refractivity contribution in [1.29, 1.82) is 0 Å². The fourth-order valence-corrected chi connectivity index (χ4v) is 1.65. The summed E-state index contributed by atoms with van der Waals surface area (Å²) in [5.41, 5.74) is 0. The third-order valence-electron chi connectivity index (χ3n) is 2.52. The third-order valence-corrected chi connectivity index (χ3v) is 2.73. The van der Waals surface area contributed by atoms with Gasteiger partial charge in [0.15, 0.2) is 0 Å². The van der Waals surface area contributed by atoms with E-state index >= 15 is 0 Å². The quantitative estimate of drug-likeness (QED) is 0.525. The van der Waals surface area contributed by atoms with Gasteiger partial charge in [0, 0.05) is 0 Å². The summed E-state index contributed by atoms with van der Waals surface area (Å²) >= 11 is 9.24. The predicted octanol–water partition coefficient (Wildman–Crippen LogP) is 4.32. The lowest BCUT2D eigenvalue weighted by molar-refractivity contribution is -0.472. The number of halogens is 12. The van der Waals surface area contributed by atoms with E-state index in [2.05, 4.69) is 27.9 Å². The van der Waals surface area contributed by atoms with Gasteiger partial charge in [-0.1, -0.05) is 23.2 Å². The molecular weight excluding hydrogens is 361 g/mol. The summed E-state index contributed by atoms with van der Waals surface area (Å²) in [6, 6.07) is 0. The number of ether oxygens (including phenoxy) is 1. The van der Waals surface area contributed by atoms with E-state index in [1.165, 1.54) is 0 Å². The molecule has 120 valence electrons. The van der Waals surface area contributed by atoms with Gasteiger partial charge in [-0.25, -0.2) is 0 Å². The van der Waals surface area contributed by atoms with Crippen molar-refractivity contribution in [3.8, 4) is 0 Å². The minimum absolute atomic E-state index is 2.66. The first-order chi connectivity index (χ1) is 8.55. The zero-order valence-corrected chi connectivity index (χ0v) is 10.1. The van der Waals surface area contributed by atoms with Gasteiger partial charge in [-0.2, -0.15) is 43.9 Å². The minimum Gasteiger partial charge on any atom is -0.332 e. The second-order valence-electron chi connectivity index (χ2n) is 3.75. The summed E-state index contributed by atoms with van der Waals surface area (Å²) in [5, 5.41) is -2.66. The summed E-state index contributed by atoms with van der Waals surface area (Å²) in [7, 11) is 0. The van der Waals surface area contributed by atoms with Crippen LogP contribution in [0.4, 0.5) is 43.9 Å². The maximum Gasteiger partial charge on any atom is 0.384 e. The van der Waals surface area contributed by atoms with Gasteiger partial charge in [0.2, 0.25) is 11.1 Å². The summed E-state index contributed by atoms with van der Waals surface area (Å²) in [6.07, 6.45) is -4.65. The second-order valence-corrected chi connectivity index (χ2v) is 4.76. The molecule has 1 saturated carbocycles. The highest BCUT2D eigenvalue weighted by atomic mass is 35.5. The fraction of sp³-hybridized carbons (Fsp3) is 1.00. The molecule has 0 heterocycles. The summed E-state index contributed by atoms with van der Waals surface area (Å²) in [6.45, 7) is 0. The van der Waals surface area contributed by atoms with E-state index in [-0.39, 0.29) is 0 Å². The summed E-state index contributed by atoms with van der Waals surface area (Å²) in [5.74, 6) is -33.4. The molecule has 0 amide bonds. The maximum atomic E-state index is 13.1. The van der Waals surface area contributed by atoms with Crippen LogP contribution in [0, 0.1) is 0 Å². The van der Waals surface area contributed by atoms with Crippen molar-refractivity contribution in [2.24, 2.45) is 0 Å². The van der Waals surface area contributed by atoms with Crippen molar-refractivity contribution < 1.29 is 48.6 Å². The molecule has 0 saturated heterocycles. The van der Waals surface area contributed by atoms with Crippen molar-refractivity contribution in [2.75, 3.05) is 0 Å². The molecular formula is C7H2Cl2F10O. The molecule has 13 heteroatoms. The average Bonchev–Trinajstić information content (AvgIpc) is 2.22. The number of alkyl halides is 12. The Kier molecular flexibility index (Phi) is 3.95. The molecule has 0 radical (unpaired) electrons. The van der Waals surface area contributed by atoms with Gasteiger partial charge in [0.25, 0.3) is 0 Å². The summed E-state index contributed by atoms with van der Waals surface area (Å²) in [4.78, 5) is 0. The lowest BCUT2D eigenvalue weighted by Crippen LogP contribution is -2.80. The van der Waals surface area contributed by atoms with Gasteiger partial charge in [-0.05, 0) is 0 Å². The highest BCUT2D eigenvalue weighted by molar-refractivity contribution is 6.43. The van der Waals surface area contributed by atoms with E-state index in [4.69, 9.17) is 0 Å². The molecule has 1 nitrogen and oxygen atoms in total. The van der Waals surface area contributed by atoms with Crippen molar-refractivity contribution >= 4 is 23.2 Å². The van der Waals surface area contributed by atoms with Crippen LogP contribution in [0.2, 0.25) is 0 Å². The Balaban J connectivity index is 3.55. The molecule has 0 aromatic rings. The highest BCUT2D eigenvalue weighted by Crippen LogP contribution is 2.65. The SMILES string of the molecule is FC1(F)C(OC(Cl)Cl)C(F)(F)C(F)(F)C(F)(F)C1(F)F. The van der Waals surface area contributed by atoms with Gasteiger partial charge in [0.1, 0.15) is 0 Å². The van der Waals surface area contributed by atoms with Gasteiger partial charge in [-0.3, -0.25) is 0 Å². The zero-order chi connectivity index (χ0) is 16.4. The molecule has 0 unspecified atom stereocenters. The molecule has 1 aliphatic carbocycles. The van der Waals surface area contributed by atoms with Crippen LogP contribution in [0.3, 0.4) is 0 Å². The molecule has 0 aromatic heterocycles. The number of rotatable bonds is 2. The van der Waals surface area contributed by atoms with Crippen LogP contribution < -0.4 is 0 Å². The predicted molar refractivity (Wildman–Crippen MR) is 45.1 cm³/mol. The lowest BCUT2D eigenvalue weighted by Gasteiger charge is -2.49. The van der Waals surface area contributed by atoms with Crippen LogP contribution in [-0.4, -0.2) is 40.7 Å².